The second kappa shape index (κ2) is 4.97. The maximum absolute atomic E-state index is 12.1. The van der Waals surface area contributed by atoms with Gasteiger partial charge in [-0.05, 0) is 30.7 Å². The number of hydrogen-bond donors (Lipinski definition) is 2. The number of benzene rings is 1. The first-order valence-electron chi connectivity index (χ1n) is 5.65. The molecule has 106 valence electrons. The summed E-state index contributed by atoms with van der Waals surface area (Å²) >= 11 is 0. The number of carboxylic acids is 1. The zero-order valence-electron chi connectivity index (χ0n) is 10.9. The Bertz CT molecular complexity index is 765. The predicted molar refractivity (Wildman–Crippen MR) is 72.2 cm³/mol. The molecule has 0 amide bonds. The van der Waals surface area contributed by atoms with E-state index in [1.54, 1.807) is 14.0 Å². The average Bonchev–Trinajstić information content (AvgIpc) is 2.79. The highest BCUT2D eigenvalue weighted by molar-refractivity contribution is 7.92. The highest BCUT2D eigenvalue weighted by Crippen LogP contribution is 2.20. The summed E-state index contributed by atoms with van der Waals surface area (Å²) in [7, 11) is -2.11. The minimum Gasteiger partial charge on any atom is -0.478 e. The van der Waals surface area contributed by atoms with Crippen LogP contribution in [-0.4, -0.2) is 29.3 Å². The predicted octanol–water partition coefficient (Wildman–Crippen LogP) is 1.23. The Morgan fingerprint density at radius 3 is 2.60 bits per heavy atom. The molecule has 0 spiro atoms. The number of aryl methyl sites for hydroxylation is 2. The summed E-state index contributed by atoms with van der Waals surface area (Å²) < 4.78 is 28.0. The van der Waals surface area contributed by atoms with Gasteiger partial charge in [0.2, 0.25) is 0 Å². The van der Waals surface area contributed by atoms with Crippen molar-refractivity contribution >= 4 is 21.7 Å². The van der Waals surface area contributed by atoms with Gasteiger partial charge in [0.1, 0.15) is 4.90 Å². The van der Waals surface area contributed by atoms with E-state index in [-0.39, 0.29) is 10.5 Å². The normalized spacial score (nSPS) is 11.3. The van der Waals surface area contributed by atoms with Crippen LogP contribution in [0.5, 0.6) is 0 Å². The van der Waals surface area contributed by atoms with E-state index in [1.165, 1.54) is 35.3 Å². The molecule has 0 aliphatic carbocycles. The van der Waals surface area contributed by atoms with Crippen LogP contribution >= 0.6 is 0 Å². The van der Waals surface area contributed by atoms with Crippen LogP contribution in [0, 0.1) is 6.92 Å². The van der Waals surface area contributed by atoms with Crippen molar-refractivity contribution in [3.05, 3.63) is 41.7 Å². The fourth-order valence-electron chi connectivity index (χ4n) is 1.65. The fraction of sp³-hybridized carbons (Fsp3) is 0.167. The standard InChI is InChI=1S/C12H13N3O4S/c1-8-5-9(12(16)17)3-4-11(8)14-20(18,19)10-6-13-15(2)7-10/h3-7,14H,1-2H3,(H,16,17). The molecule has 0 radical (unpaired) electrons. The number of sulfonamides is 1. The summed E-state index contributed by atoms with van der Waals surface area (Å²) in [5.74, 6) is -1.06. The van der Waals surface area contributed by atoms with Gasteiger partial charge in [-0.2, -0.15) is 5.10 Å². The van der Waals surface area contributed by atoms with Crippen LogP contribution in [0.2, 0.25) is 0 Å². The van der Waals surface area contributed by atoms with Gasteiger partial charge in [-0.15, -0.1) is 0 Å². The Morgan fingerprint density at radius 1 is 1.40 bits per heavy atom. The minimum absolute atomic E-state index is 0.0433. The number of carboxylic acid groups (broad SMARTS) is 1. The van der Waals surface area contributed by atoms with E-state index in [2.05, 4.69) is 9.82 Å². The third-order valence-corrected chi connectivity index (χ3v) is 4.03. The number of anilines is 1. The molecule has 20 heavy (non-hydrogen) atoms. The molecule has 0 saturated heterocycles. The van der Waals surface area contributed by atoms with Crippen LogP contribution in [0.1, 0.15) is 15.9 Å². The lowest BCUT2D eigenvalue weighted by atomic mass is 10.1. The molecule has 2 rings (SSSR count). The molecular weight excluding hydrogens is 282 g/mol. The molecule has 0 bridgehead atoms. The van der Waals surface area contributed by atoms with E-state index in [0.717, 1.165) is 0 Å². The Balaban J connectivity index is 2.32. The zero-order valence-corrected chi connectivity index (χ0v) is 11.7. The van der Waals surface area contributed by atoms with Gasteiger partial charge < -0.3 is 5.11 Å². The first kappa shape index (κ1) is 14.1. The second-order valence-corrected chi connectivity index (χ2v) is 5.97. The number of aromatic nitrogens is 2. The first-order chi connectivity index (χ1) is 9.29. The van der Waals surface area contributed by atoms with Crippen molar-refractivity contribution < 1.29 is 18.3 Å². The number of nitrogens with one attached hydrogen (secondary N) is 1. The highest BCUT2D eigenvalue weighted by atomic mass is 32.2. The maximum Gasteiger partial charge on any atom is 0.335 e. The van der Waals surface area contributed by atoms with Gasteiger partial charge in [0.05, 0.1) is 17.4 Å². The molecule has 0 unspecified atom stereocenters. The summed E-state index contributed by atoms with van der Waals surface area (Å²) in [5.41, 5.74) is 0.961. The van der Waals surface area contributed by atoms with Gasteiger partial charge in [0.25, 0.3) is 10.0 Å². The van der Waals surface area contributed by atoms with Crippen molar-refractivity contribution in [1.82, 2.24) is 9.78 Å². The van der Waals surface area contributed by atoms with Crippen LogP contribution in [0.3, 0.4) is 0 Å². The Hall–Kier alpha value is -2.35. The van der Waals surface area contributed by atoms with E-state index in [9.17, 15) is 13.2 Å². The van der Waals surface area contributed by atoms with E-state index >= 15 is 0 Å². The number of aromatic carboxylic acids is 1. The van der Waals surface area contributed by atoms with Gasteiger partial charge in [-0.3, -0.25) is 9.40 Å². The van der Waals surface area contributed by atoms with E-state index in [1.807, 2.05) is 0 Å². The van der Waals surface area contributed by atoms with Crippen LogP contribution < -0.4 is 4.72 Å². The summed E-state index contributed by atoms with van der Waals surface area (Å²) in [6, 6.07) is 4.17. The third-order valence-electron chi connectivity index (χ3n) is 2.71. The first-order valence-corrected chi connectivity index (χ1v) is 7.13. The molecule has 1 aromatic carbocycles. The van der Waals surface area contributed by atoms with Crippen LogP contribution in [0.15, 0.2) is 35.5 Å². The molecule has 1 heterocycles. The largest absolute Gasteiger partial charge is 0.478 e. The molecule has 1 aromatic heterocycles. The number of nitrogens with zero attached hydrogens (tertiary/aromatic N) is 2. The van der Waals surface area contributed by atoms with Gasteiger partial charge in [0.15, 0.2) is 0 Å². The smallest absolute Gasteiger partial charge is 0.335 e. The lowest BCUT2D eigenvalue weighted by Gasteiger charge is -2.09. The number of rotatable bonds is 4. The van der Waals surface area contributed by atoms with Crippen molar-refractivity contribution in [2.24, 2.45) is 7.05 Å². The summed E-state index contributed by atoms with van der Waals surface area (Å²) in [6.07, 6.45) is 2.62. The fourth-order valence-corrected chi connectivity index (χ4v) is 2.77. The molecule has 0 atom stereocenters. The van der Waals surface area contributed by atoms with E-state index < -0.39 is 16.0 Å². The van der Waals surface area contributed by atoms with E-state index in [4.69, 9.17) is 5.11 Å². The van der Waals surface area contributed by atoms with Crippen molar-refractivity contribution in [1.29, 1.82) is 0 Å². The molecule has 8 heteroatoms. The van der Waals surface area contributed by atoms with Gasteiger partial charge in [-0.25, -0.2) is 13.2 Å². The van der Waals surface area contributed by atoms with E-state index in [0.29, 0.717) is 11.3 Å². The average molecular weight is 295 g/mol. The molecule has 0 aliphatic heterocycles. The highest BCUT2D eigenvalue weighted by Gasteiger charge is 2.17. The maximum atomic E-state index is 12.1. The molecule has 2 N–H and O–H groups in total. The van der Waals surface area contributed by atoms with Crippen molar-refractivity contribution in [2.75, 3.05) is 4.72 Å². The lowest BCUT2D eigenvalue weighted by molar-refractivity contribution is 0.0697. The number of hydrogen-bond acceptors (Lipinski definition) is 4. The minimum atomic E-state index is -3.73. The van der Waals surface area contributed by atoms with Crippen LogP contribution in [-0.2, 0) is 17.1 Å². The van der Waals surface area contributed by atoms with Crippen LogP contribution in [0.4, 0.5) is 5.69 Å². The molecule has 0 aliphatic rings. The SMILES string of the molecule is Cc1cc(C(=O)O)ccc1NS(=O)(=O)c1cnn(C)c1. The third kappa shape index (κ3) is 2.80. The van der Waals surface area contributed by atoms with Crippen molar-refractivity contribution in [3.8, 4) is 0 Å². The number of carbonyl (C=O) groups is 1. The van der Waals surface area contributed by atoms with Crippen molar-refractivity contribution in [2.45, 2.75) is 11.8 Å². The quantitative estimate of drug-likeness (QED) is 0.883. The lowest BCUT2D eigenvalue weighted by Crippen LogP contribution is -2.13. The second-order valence-electron chi connectivity index (χ2n) is 4.29. The summed E-state index contributed by atoms with van der Waals surface area (Å²) in [4.78, 5) is 10.9. The van der Waals surface area contributed by atoms with Crippen LogP contribution in [0.25, 0.3) is 0 Å². The Kier molecular flexibility index (Phi) is 3.49. The molecule has 7 nitrogen and oxygen atoms in total. The molecule has 0 saturated carbocycles. The molecule has 2 aromatic rings. The Labute approximate surface area is 115 Å². The van der Waals surface area contributed by atoms with Crippen molar-refractivity contribution in [3.63, 3.8) is 0 Å². The summed E-state index contributed by atoms with van der Waals surface area (Å²) in [6.45, 7) is 1.63. The van der Waals surface area contributed by atoms with Gasteiger partial charge >= 0.3 is 5.97 Å². The molecular formula is C12H13N3O4S. The topological polar surface area (TPSA) is 101 Å². The summed E-state index contributed by atoms with van der Waals surface area (Å²) in [5, 5.41) is 12.7. The van der Waals surface area contributed by atoms with Gasteiger partial charge in [0, 0.05) is 13.2 Å². The monoisotopic (exact) mass is 295 g/mol. The molecule has 0 fully saturated rings. The Morgan fingerprint density at radius 2 is 2.10 bits per heavy atom. The zero-order chi connectivity index (χ0) is 14.9. The van der Waals surface area contributed by atoms with Gasteiger partial charge in [-0.1, -0.05) is 0 Å².